The van der Waals surface area contributed by atoms with Crippen LogP contribution in [-0.2, 0) is 17.7 Å². The number of nitrogen functional groups attached to an aromatic ring is 1. The fourth-order valence-corrected chi connectivity index (χ4v) is 5.60. The number of fused-ring (bicyclic) bond motifs is 2. The Balaban J connectivity index is 1.21. The molecule has 0 atom stereocenters. The second-order valence-corrected chi connectivity index (χ2v) is 9.98. The normalized spacial score (nSPS) is 15.2. The number of carbonyl (C=O) groups is 1. The van der Waals surface area contributed by atoms with Gasteiger partial charge in [0.25, 0.3) is 11.5 Å². The predicted octanol–water partition coefficient (Wildman–Crippen LogP) is 3.79. The zero-order valence-corrected chi connectivity index (χ0v) is 21.2. The molecular formula is C29H27N7O3. The highest BCUT2D eigenvalue weighted by molar-refractivity contribution is 6.05. The molecule has 1 saturated heterocycles. The predicted molar refractivity (Wildman–Crippen MR) is 148 cm³/mol. The Morgan fingerprint density at radius 3 is 2.56 bits per heavy atom. The van der Waals surface area contributed by atoms with Crippen molar-refractivity contribution in [2.24, 2.45) is 0 Å². The average Bonchev–Trinajstić information content (AvgIpc) is 3.44. The van der Waals surface area contributed by atoms with Crippen molar-refractivity contribution in [2.75, 3.05) is 24.3 Å². The van der Waals surface area contributed by atoms with Gasteiger partial charge in [-0.2, -0.15) is 0 Å². The number of rotatable bonds is 5. The lowest BCUT2D eigenvalue weighted by Gasteiger charge is -2.27. The molecule has 5 aromatic rings. The summed E-state index contributed by atoms with van der Waals surface area (Å²) in [5.74, 6) is 0.0202. The summed E-state index contributed by atoms with van der Waals surface area (Å²) in [6, 6.07) is 17.2. The van der Waals surface area contributed by atoms with Gasteiger partial charge in [-0.3, -0.25) is 14.3 Å². The van der Waals surface area contributed by atoms with E-state index in [1.165, 1.54) is 6.33 Å². The third-order valence-corrected chi connectivity index (χ3v) is 7.62. The maximum absolute atomic E-state index is 13.5. The van der Waals surface area contributed by atoms with E-state index in [0.29, 0.717) is 37.7 Å². The van der Waals surface area contributed by atoms with Gasteiger partial charge in [0.2, 0.25) is 0 Å². The topological polar surface area (TPSA) is 122 Å². The Kier molecular flexibility index (Phi) is 5.55. The molecule has 196 valence electrons. The Morgan fingerprint density at radius 2 is 1.82 bits per heavy atom. The van der Waals surface area contributed by atoms with Crippen molar-refractivity contribution in [1.29, 1.82) is 0 Å². The molecule has 1 amide bonds. The first kappa shape index (κ1) is 23.4. The van der Waals surface area contributed by atoms with Crippen molar-refractivity contribution in [3.63, 3.8) is 0 Å². The van der Waals surface area contributed by atoms with E-state index < -0.39 is 5.91 Å². The van der Waals surface area contributed by atoms with E-state index >= 15 is 0 Å². The first-order valence-corrected chi connectivity index (χ1v) is 13.1. The smallest absolute Gasteiger partial charge is 0.284 e. The van der Waals surface area contributed by atoms with Crippen LogP contribution in [0.25, 0.3) is 27.8 Å². The van der Waals surface area contributed by atoms with Crippen LogP contribution in [0.2, 0.25) is 0 Å². The average molecular weight is 522 g/mol. The number of nitrogens with zero attached hydrogens (tertiary/aromatic N) is 5. The molecule has 0 aliphatic carbocycles. The highest BCUT2D eigenvalue weighted by Gasteiger charge is 2.28. The SMILES string of the molecule is Nc1ncnc2c1c(-c1ccc(NC(=O)c3c4n(n(-c5ccccc5)c3=O)CCCC4)cc1)cn2C1COC1. The van der Waals surface area contributed by atoms with Gasteiger partial charge in [-0.25, -0.2) is 14.6 Å². The largest absolute Gasteiger partial charge is 0.383 e. The maximum Gasteiger partial charge on any atom is 0.284 e. The Bertz CT molecular complexity index is 1760. The van der Waals surface area contributed by atoms with Crippen molar-refractivity contribution in [2.45, 2.75) is 31.8 Å². The van der Waals surface area contributed by atoms with E-state index in [0.717, 1.165) is 46.4 Å². The monoisotopic (exact) mass is 521 g/mol. The lowest BCUT2D eigenvalue weighted by molar-refractivity contribution is -0.0215. The van der Waals surface area contributed by atoms with E-state index in [4.69, 9.17) is 10.5 Å². The van der Waals surface area contributed by atoms with E-state index in [2.05, 4.69) is 19.9 Å². The number of nitrogens with one attached hydrogen (secondary N) is 1. The molecule has 0 saturated carbocycles. The molecule has 2 aliphatic rings. The minimum absolute atomic E-state index is 0.207. The first-order chi connectivity index (χ1) is 19.1. The summed E-state index contributed by atoms with van der Waals surface area (Å²) in [6.45, 7) is 1.97. The summed E-state index contributed by atoms with van der Waals surface area (Å²) in [5.41, 5.74) is 10.9. The van der Waals surface area contributed by atoms with Gasteiger partial charge < -0.3 is 20.4 Å². The summed E-state index contributed by atoms with van der Waals surface area (Å²) in [4.78, 5) is 35.6. The number of anilines is 2. The molecule has 10 nitrogen and oxygen atoms in total. The summed E-state index contributed by atoms with van der Waals surface area (Å²) >= 11 is 0. The minimum Gasteiger partial charge on any atom is -0.383 e. The van der Waals surface area contributed by atoms with Gasteiger partial charge >= 0.3 is 0 Å². The van der Waals surface area contributed by atoms with Gasteiger partial charge in [0.1, 0.15) is 23.4 Å². The number of amides is 1. The molecule has 1 fully saturated rings. The van der Waals surface area contributed by atoms with Gasteiger partial charge in [-0.05, 0) is 49.1 Å². The molecule has 39 heavy (non-hydrogen) atoms. The maximum atomic E-state index is 13.5. The summed E-state index contributed by atoms with van der Waals surface area (Å²) in [5, 5.41) is 3.74. The zero-order valence-electron chi connectivity index (χ0n) is 21.2. The molecule has 3 N–H and O–H groups in total. The second-order valence-electron chi connectivity index (χ2n) is 9.98. The van der Waals surface area contributed by atoms with Crippen LogP contribution in [-0.4, -0.2) is 43.0 Å². The minimum atomic E-state index is -0.396. The Hall–Kier alpha value is -4.70. The Labute approximate surface area is 223 Å². The van der Waals surface area contributed by atoms with Crippen molar-refractivity contribution < 1.29 is 9.53 Å². The third kappa shape index (κ3) is 3.83. The summed E-state index contributed by atoms with van der Waals surface area (Å²) in [6.07, 6.45) is 6.12. The quantitative estimate of drug-likeness (QED) is 0.363. The molecule has 0 spiro atoms. The fourth-order valence-electron chi connectivity index (χ4n) is 5.60. The fraction of sp³-hybridized carbons (Fsp3) is 0.241. The van der Waals surface area contributed by atoms with Crippen LogP contribution in [0.3, 0.4) is 0 Å². The van der Waals surface area contributed by atoms with E-state index in [1.807, 2.05) is 65.5 Å². The second kappa shape index (κ2) is 9.25. The van der Waals surface area contributed by atoms with Crippen LogP contribution in [0, 0.1) is 0 Å². The number of hydrogen-bond donors (Lipinski definition) is 2. The van der Waals surface area contributed by atoms with Gasteiger partial charge in [0, 0.05) is 24.0 Å². The van der Waals surface area contributed by atoms with Crippen molar-refractivity contribution in [3.8, 4) is 16.8 Å². The standard InChI is InChI=1S/C29H27N7O3/c30-26-24-22(14-34(21-15-39-16-21)27(24)32-17-31-26)18-9-11-19(12-10-18)33-28(37)25-23-8-4-5-13-35(23)36(29(25)38)20-6-2-1-3-7-20/h1-3,6-7,9-12,14,17,21H,4-5,8,13,15-16H2,(H,33,37)(H2,30,31,32). The molecule has 10 heteroatoms. The van der Waals surface area contributed by atoms with Gasteiger partial charge in [0.15, 0.2) is 0 Å². The Morgan fingerprint density at radius 1 is 1.03 bits per heavy atom. The van der Waals surface area contributed by atoms with Crippen LogP contribution in [0.4, 0.5) is 11.5 Å². The number of hydrogen-bond acceptors (Lipinski definition) is 6. The number of ether oxygens (including phenoxy) is 1. The highest BCUT2D eigenvalue weighted by Crippen LogP contribution is 2.36. The first-order valence-electron chi connectivity index (χ1n) is 13.1. The summed E-state index contributed by atoms with van der Waals surface area (Å²) < 4.78 is 11.1. The van der Waals surface area contributed by atoms with E-state index in [-0.39, 0.29) is 17.2 Å². The lowest BCUT2D eigenvalue weighted by Crippen LogP contribution is -2.30. The number of para-hydroxylation sites is 1. The molecular weight excluding hydrogens is 494 g/mol. The zero-order chi connectivity index (χ0) is 26.5. The lowest BCUT2D eigenvalue weighted by atomic mass is 10.0. The molecule has 2 aromatic carbocycles. The van der Waals surface area contributed by atoms with Crippen LogP contribution in [0.5, 0.6) is 0 Å². The number of carbonyl (C=O) groups excluding carboxylic acids is 1. The number of benzene rings is 2. The molecule has 5 heterocycles. The molecule has 2 aliphatic heterocycles. The number of aromatic nitrogens is 5. The highest BCUT2D eigenvalue weighted by atomic mass is 16.5. The van der Waals surface area contributed by atoms with Crippen LogP contribution < -0.4 is 16.6 Å². The third-order valence-electron chi connectivity index (χ3n) is 7.62. The van der Waals surface area contributed by atoms with Crippen LogP contribution in [0.1, 0.15) is 34.9 Å². The van der Waals surface area contributed by atoms with Crippen molar-refractivity contribution in [1.82, 2.24) is 23.9 Å². The summed E-state index contributed by atoms with van der Waals surface area (Å²) in [7, 11) is 0. The van der Waals surface area contributed by atoms with Crippen LogP contribution >= 0.6 is 0 Å². The molecule has 3 aromatic heterocycles. The van der Waals surface area contributed by atoms with Gasteiger partial charge in [-0.1, -0.05) is 30.3 Å². The molecule has 0 radical (unpaired) electrons. The van der Waals surface area contributed by atoms with Gasteiger partial charge in [-0.15, -0.1) is 0 Å². The van der Waals surface area contributed by atoms with E-state index in [1.54, 1.807) is 4.68 Å². The van der Waals surface area contributed by atoms with Gasteiger partial charge in [0.05, 0.1) is 36.0 Å². The molecule has 7 rings (SSSR count). The molecule has 0 unspecified atom stereocenters. The van der Waals surface area contributed by atoms with Crippen LogP contribution in [0.15, 0.2) is 71.9 Å². The van der Waals surface area contributed by atoms with E-state index in [9.17, 15) is 9.59 Å². The number of nitrogens with two attached hydrogens (primary N) is 1. The molecule has 0 bridgehead atoms. The van der Waals surface area contributed by atoms with Crippen molar-refractivity contribution in [3.05, 3.63) is 88.7 Å². The van der Waals surface area contributed by atoms with Crippen molar-refractivity contribution >= 4 is 28.4 Å².